The first-order valence-corrected chi connectivity index (χ1v) is 13.8. The van der Waals surface area contributed by atoms with Gasteiger partial charge in [0.05, 0.1) is 36.4 Å². The van der Waals surface area contributed by atoms with E-state index >= 15 is 0 Å². The van der Waals surface area contributed by atoms with E-state index in [1.807, 2.05) is 66.7 Å². The summed E-state index contributed by atoms with van der Waals surface area (Å²) in [7, 11) is 1.61. The monoisotopic (exact) mass is 541 g/mol. The first kappa shape index (κ1) is 27.4. The molecular formula is C32H35N3O5. The Hall–Kier alpha value is -4.17. The Morgan fingerprint density at radius 2 is 1.77 bits per heavy atom. The molecule has 3 amide bonds. The molecule has 1 saturated heterocycles. The van der Waals surface area contributed by atoms with Crippen molar-refractivity contribution in [2.75, 3.05) is 44.8 Å². The molecule has 0 aromatic heterocycles. The molecule has 1 unspecified atom stereocenters. The summed E-state index contributed by atoms with van der Waals surface area (Å²) in [5.41, 5.74) is 3.52. The minimum absolute atomic E-state index is 0.00232. The molecule has 208 valence electrons. The molecule has 1 N–H and O–H groups in total. The van der Waals surface area contributed by atoms with Crippen LogP contribution in [0.1, 0.15) is 44.7 Å². The number of aliphatic hydroxyl groups is 1. The van der Waals surface area contributed by atoms with Gasteiger partial charge < -0.3 is 19.6 Å². The highest BCUT2D eigenvalue weighted by atomic mass is 16.5. The van der Waals surface area contributed by atoms with Crippen LogP contribution in [0.15, 0.2) is 72.8 Å². The summed E-state index contributed by atoms with van der Waals surface area (Å²) >= 11 is 0. The number of ether oxygens (including phenoxy) is 1. The van der Waals surface area contributed by atoms with Crippen LogP contribution < -0.4 is 9.64 Å². The number of benzene rings is 3. The fourth-order valence-electron chi connectivity index (χ4n) is 5.70. The lowest BCUT2D eigenvalue weighted by atomic mass is 9.94. The van der Waals surface area contributed by atoms with Gasteiger partial charge in [-0.05, 0) is 54.7 Å². The van der Waals surface area contributed by atoms with Crippen molar-refractivity contribution in [1.29, 1.82) is 0 Å². The summed E-state index contributed by atoms with van der Waals surface area (Å²) < 4.78 is 5.29. The fourth-order valence-corrected chi connectivity index (χ4v) is 5.70. The zero-order valence-corrected chi connectivity index (χ0v) is 22.8. The molecule has 2 heterocycles. The number of amides is 3. The minimum Gasteiger partial charge on any atom is -0.497 e. The van der Waals surface area contributed by atoms with Crippen molar-refractivity contribution < 1.29 is 24.2 Å². The lowest BCUT2D eigenvalue weighted by Crippen LogP contribution is -2.45. The molecule has 1 fully saturated rings. The summed E-state index contributed by atoms with van der Waals surface area (Å²) in [5, 5.41) is 9.63. The predicted molar refractivity (Wildman–Crippen MR) is 152 cm³/mol. The standard InChI is InChI=1S/C32H35N3O5/c1-40-26-12-5-10-23(20-26)15-17-35-31(38)27-13-6-14-28(29(27)32(35)39)33-16-7-11-25(22-33)30(37)34(18-19-36)21-24-8-3-2-4-9-24/h2-6,8-10,12-14,20,25,36H,7,11,15-19,21-22H2,1H3. The van der Waals surface area contributed by atoms with Gasteiger partial charge in [-0.2, -0.15) is 0 Å². The van der Waals surface area contributed by atoms with E-state index in [9.17, 15) is 19.5 Å². The highest BCUT2D eigenvalue weighted by Gasteiger charge is 2.39. The number of hydrogen-bond acceptors (Lipinski definition) is 6. The number of imide groups is 1. The smallest absolute Gasteiger partial charge is 0.263 e. The van der Waals surface area contributed by atoms with Crippen LogP contribution in [0.5, 0.6) is 5.75 Å². The van der Waals surface area contributed by atoms with Crippen LogP contribution in [0, 0.1) is 5.92 Å². The number of methoxy groups -OCH3 is 1. The van der Waals surface area contributed by atoms with Crippen molar-refractivity contribution >= 4 is 23.4 Å². The van der Waals surface area contributed by atoms with Crippen molar-refractivity contribution in [2.24, 2.45) is 5.92 Å². The maximum atomic E-state index is 13.6. The first-order valence-electron chi connectivity index (χ1n) is 13.8. The second kappa shape index (κ2) is 12.3. The van der Waals surface area contributed by atoms with E-state index in [0.29, 0.717) is 42.9 Å². The molecule has 8 heteroatoms. The number of nitrogens with zero attached hydrogens (tertiary/aromatic N) is 3. The molecule has 8 nitrogen and oxygen atoms in total. The van der Waals surface area contributed by atoms with E-state index in [2.05, 4.69) is 4.90 Å². The molecule has 5 rings (SSSR count). The van der Waals surface area contributed by atoms with Gasteiger partial charge in [0.25, 0.3) is 11.8 Å². The molecule has 2 aliphatic heterocycles. The summed E-state index contributed by atoms with van der Waals surface area (Å²) in [6.45, 7) is 2.02. The number of aliphatic hydroxyl groups excluding tert-OH is 1. The maximum Gasteiger partial charge on any atom is 0.263 e. The Kier molecular flexibility index (Phi) is 8.45. The zero-order chi connectivity index (χ0) is 28.1. The topological polar surface area (TPSA) is 90.4 Å². The van der Waals surface area contributed by atoms with Crippen molar-refractivity contribution in [3.8, 4) is 5.75 Å². The van der Waals surface area contributed by atoms with E-state index < -0.39 is 0 Å². The Morgan fingerprint density at radius 3 is 2.55 bits per heavy atom. The van der Waals surface area contributed by atoms with Gasteiger partial charge in [0.2, 0.25) is 5.91 Å². The van der Waals surface area contributed by atoms with Crippen LogP contribution >= 0.6 is 0 Å². The number of carbonyl (C=O) groups excluding carboxylic acids is 3. The van der Waals surface area contributed by atoms with Crippen LogP contribution in [0.4, 0.5) is 5.69 Å². The number of hydrogen-bond donors (Lipinski definition) is 1. The molecule has 0 bridgehead atoms. The zero-order valence-electron chi connectivity index (χ0n) is 22.8. The predicted octanol–water partition coefficient (Wildman–Crippen LogP) is 3.77. The number of piperidine rings is 1. The van der Waals surface area contributed by atoms with Crippen LogP contribution in [0.2, 0.25) is 0 Å². The van der Waals surface area contributed by atoms with Gasteiger partial charge in [-0.15, -0.1) is 0 Å². The number of anilines is 1. The third-order valence-corrected chi connectivity index (χ3v) is 7.74. The molecule has 0 spiro atoms. The molecule has 0 radical (unpaired) electrons. The maximum absolute atomic E-state index is 13.6. The SMILES string of the molecule is COc1cccc(CCN2C(=O)c3cccc(N4CCCC(C(=O)N(CCO)Cc5ccccc5)C4)c3C2=O)c1. The number of rotatable bonds is 10. The molecule has 2 aliphatic rings. The van der Waals surface area contributed by atoms with E-state index in [-0.39, 0.29) is 43.3 Å². The van der Waals surface area contributed by atoms with E-state index in [1.54, 1.807) is 18.1 Å². The largest absolute Gasteiger partial charge is 0.497 e. The number of fused-ring (bicyclic) bond motifs is 1. The van der Waals surface area contributed by atoms with Gasteiger partial charge in [0.1, 0.15) is 5.75 Å². The Bertz CT molecular complexity index is 1380. The third-order valence-electron chi connectivity index (χ3n) is 7.74. The van der Waals surface area contributed by atoms with E-state index in [0.717, 1.165) is 29.7 Å². The number of carbonyl (C=O) groups is 3. The average molecular weight is 542 g/mol. The third kappa shape index (κ3) is 5.72. The lowest BCUT2D eigenvalue weighted by molar-refractivity contribution is -0.137. The van der Waals surface area contributed by atoms with Gasteiger partial charge in [-0.1, -0.05) is 48.5 Å². The molecule has 3 aromatic rings. The quantitative estimate of drug-likeness (QED) is 0.393. The average Bonchev–Trinajstić information content (AvgIpc) is 3.25. The summed E-state index contributed by atoms with van der Waals surface area (Å²) in [4.78, 5) is 45.5. The first-order chi connectivity index (χ1) is 19.5. The van der Waals surface area contributed by atoms with Crippen molar-refractivity contribution in [2.45, 2.75) is 25.8 Å². The van der Waals surface area contributed by atoms with Gasteiger partial charge in [0, 0.05) is 32.7 Å². The highest BCUT2D eigenvalue weighted by molar-refractivity contribution is 6.23. The normalized spacial score (nSPS) is 16.7. The molecule has 0 aliphatic carbocycles. The Labute approximate surface area is 234 Å². The van der Waals surface area contributed by atoms with Gasteiger partial charge in [0.15, 0.2) is 0 Å². The minimum atomic E-state index is -0.294. The van der Waals surface area contributed by atoms with Crippen molar-refractivity contribution in [3.63, 3.8) is 0 Å². The van der Waals surface area contributed by atoms with Crippen LogP contribution in [0.3, 0.4) is 0 Å². The van der Waals surface area contributed by atoms with Crippen LogP contribution in [-0.4, -0.2) is 72.5 Å². The Balaban J connectivity index is 1.31. The van der Waals surface area contributed by atoms with Gasteiger partial charge in [-0.3, -0.25) is 19.3 Å². The van der Waals surface area contributed by atoms with Crippen LogP contribution in [0.25, 0.3) is 0 Å². The Morgan fingerprint density at radius 1 is 1.00 bits per heavy atom. The molecular weight excluding hydrogens is 506 g/mol. The van der Waals surface area contributed by atoms with E-state index in [1.165, 1.54) is 4.90 Å². The fraction of sp³-hybridized carbons (Fsp3) is 0.344. The lowest BCUT2D eigenvalue weighted by Gasteiger charge is -2.36. The summed E-state index contributed by atoms with van der Waals surface area (Å²) in [6.07, 6.45) is 2.06. The highest BCUT2D eigenvalue weighted by Crippen LogP contribution is 2.34. The van der Waals surface area contributed by atoms with Crippen LogP contribution in [-0.2, 0) is 17.8 Å². The van der Waals surface area contributed by atoms with Gasteiger partial charge in [-0.25, -0.2) is 0 Å². The molecule has 40 heavy (non-hydrogen) atoms. The second-order valence-electron chi connectivity index (χ2n) is 10.3. The second-order valence-corrected chi connectivity index (χ2v) is 10.3. The van der Waals surface area contributed by atoms with Gasteiger partial charge >= 0.3 is 0 Å². The molecule has 1 atom stereocenters. The summed E-state index contributed by atoms with van der Waals surface area (Å²) in [5.74, 6) is -0.115. The van der Waals surface area contributed by atoms with Crippen molar-refractivity contribution in [1.82, 2.24) is 9.80 Å². The summed E-state index contributed by atoms with van der Waals surface area (Å²) in [6, 6.07) is 22.8. The van der Waals surface area contributed by atoms with E-state index in [4.69, 9.17) is 4.74 Å². The molecule has 0 saturated carbocycles. The molecule has 3 aromatic carbocycles. The van der Waals surface area contributed by atoms with Crippen molar-refractivity contribution in [3.05, 3.63) is 95.1 Å².